The van der Waals surface area contributed by atoms with Crippen LogP contribution in [0.4, 0.5) is 0 Å². The van der Waals surface area contributed by atoms with Crippen LogP contribution in [0.3, 0.4) is 0 Å². The molecule has 1 aliphatic carbocycles. The van der Waals surface area contributed by atoms with Crippen LogP contribution in [-0.2, 0) is 12.8 Å². The number of aliphatic hydroxyl groups excluding tert-OH is 1. The number of aliphatic hydroxyl groups is 1. The third-order valence-corrected chi connectivity index (χ3v) is 3.44. The van der Waals surface area contributed by atoms with Crippen molar-refractivity contribution in [3.8, 4) is 6.07 Å². The summed E-state index contributed by atoms with van der Waals surface area (Å²) in [6, 6.07) is 10.8. The lowest BCUT2D eigenvalue weighted by atomic mass is 9.79. The van der Waals surface area contributed by atoms with Crippen LogP contribution in [0.2, 0.25) is 0 Å². The minimum Gasteiger partial charge on any atom is -0.396 e. The maximum Gasteiger partial charge on any atom is 0.111 e. The van der Waals surface area contributed by atoms with E-state index in [2.05, 4.69) is 29.6 Å². The zero-order chi connectivity index (χ0) is 12.1. The van der Waals surface area contributed by atoms with Crippen molar-refractivity contribution >= 4 is 0 Å². The van der Waals surface area contributed by atoms with E-state index >= 15 is 0 Å². The molecular formula is C14H18N2O. The SMILES string of the molecule is N#CC1(NCCCO)CCc2ccccc2C1. The van der Waals surface area contributed by atoms with Gasteiger partial charge in [-0.05, 0) is 36.9 Å². The topological polar surface area (TPSA) is 56.0 Å². The van der Waals surface area contributed by atoms with Crippen molar-refractivity contribution in [1.29, 1.82) is 5.26 Å². The van der Waals surface area contributed by atoms with E-state index in [9.17, 15) is 5.26 Å². The number of aryl methyl sites for hydroxylation is 1. The van der Waals surface area contributed by atoms with Gasteiger partial charge in [0.15, 0.2) is 0 Å². The molecule has 17 heavy (non-hydrogen) atoms. The number of nitrogens with one attached hydrogen (secondary N) is 1. The van der Waals surface area contributed by atoms with Crippen LogP contribution in [0.1, 0.15) is 24.0 Å². The van der Waals surface area contributed by atoms with Crippen LogP contribution >= 0.6 is 0 Å². The van der Waals surface area contributed by atoms with Gasteiger partial charge in [-0.25, -0.2) is 0 Å². The fraction of sp³-hybridized carbons (Fsp3) is 0.500. The molecule has 0 saturated heterocycles. The second-order valence-electron chi connectivity index (χ2n) is 4.64. The van der Waals surface area contributed by atoms with Crippen LogP contribution < -0.4 is 5.32 Å². The lowest BCUT2D eigenvalue weighted by Gasteiger charge is -2.33. The van der Waals surface area contributed by atoms with Gasteiger partial charge in [0.1, 0.15) is 5.54 Å². The third kappa shape index (κ3) is 2.66. The summed E-state index contributed by atoms with van der Waals surface area (Å²) < 4.78 is 0. The summed E-state index contributed by atoms with van der Waals surface area (Å²) in [4.78, 5) is 0. The van der Waals surface area contributed by atoms with Crippen LogP contribution in [0.25, 0.3) is 0 Å². The predicted molar refractivity (Wildman–Crippen MR) is 66.5 cm³/mol. The summed E-state index contributed by atoms with van der Waals surface area (Å²) in [5, 5.41) is 21.5. The summed E-state index contributed by atoms with van der Waals surface area (Å²) >= 11 is 0. The quantitative estimate of drug-likeness (QED) is 0.769. The molecule has 0 amide bonds. The molecule has 1 aliphatic rings. The van der Waals surface area contributed by atoms with Crippen molar-refractivity contribution in [2.24, 2.45) is 0 Å². The van der Waals surface area contributed by atoms with Gasteiger partial charge in [-0.2, -0.15) is 5.26 Å². The highest BCUT2D eigenvalue weighted by atomic mass is 16.3. The lowest BCUT2D eigenvalue weighted by Crippen LogP contribution is -2.48. The molecular weight excluding hydrogens is 212 g/mol. The Balaban J connectivity index is 2.10. The van der Waals surface area contributed by atoms with Gasteiger partial charge in [0.05, 0.1) is 6.07 Å². The van der Waals surface area contributed by atoms with Crippen molar-refractivity contribution in [3.63, 3.8) is 0 Å². The molecule has 0 bridgehead atoms. The first kappa shape index (κ1) is 12.1. The lowest BCUT2D eigenvalue weighted by molar-refractivity contribution is 0.273. The normalized spacial score (nSPS) is 22.8. The predicted octanol–water partition coefficient (Wildman–Crippen LogP) is 1.41. The number of fused-ring (bicyclic) bond motifs is 1. The molecule has 1 unspecified atom stereocenters. The third-order valence-electron chi connectivity index (χ3n) is 3.44. The number of benzene rings is 1. The van der Waals surface area contributed by atoms with Gasteiger partial charge in [-0.15, -0.1) is 0 Å². The van der Waals surface area contributed by atoms with Crippen LogP contribution in [0.5, 0.6) is 0 Å². The zero-order valence-corrected chi connectivity index (χ0v) is 9.95. The number of nitrogens with zero attached hydrogens (tertiary/aromatic N) is 1. The maximum atomic E-state index is 9.39. The van der Waals surface area contributed by atoms with Crippen molar-refractivity contribution in [3.05, 3.63) is 35.4 Å². The van der Waals surface area contributed by atoms with Crippen LogP contribution in [-0.4, -0.2) is 23.8 Å². The van der Waals surface area contributed by atoms with Gasteiger partial charge in [-0.3, -0.25) is 5.32 Å². The molecule has 0 spiro atoms. The highest BCUT2D eigenvalue weighted by molar-refractivity contribution is 5.34. The van der Waals surface area contributed by atoms with Gasteiger partial charge in [0, 0.05) is 13.0 Å². The molecule has 0 saturated carbocycles. The summed E-state index contributed by atoms with van der Waals surface area (Å²) in [6.07, 6.45) is 3.28. The highest BCUT2D eigenvalue weighted by Gasteiger charge is 2.33. The van der Waals surface area contributed by atoms with E-state index in [0.29, 0.717) is 13.0 Å². The molecule has 90 valence electrons. The Morgan fingerprint density at radius 2 is 2.12 bits per heavy atom. The molecule has 0 radical (unpaired) electrons. The van der Waals surface area contributed by atoms with Crippen LogP contribution in [0, 0.1) is 11.3 Å². The van der Waals surface area contributed by atoms with Crippen molar-refractivity contribution in [1.82, 2.24) is 5.32 Å². The Labute approximate surface area is 102 Å². The molecule has 1 aromatic rings. The Hall–Kier alpha value is -1.37. The molecule has 1 aromatic carbocycles. The second kappa shape index (κ2) is 5.31. The molecule has 2 N–H and O–H groups in total. The average Bonchev–Trinajstić information content (AvgIpc) is 2.39. The number of nitriles is 1. The van der Waals surface area contributed by atoms with Crippen molar-refractivity contribution < 1.29 is 5.11 Å². The molecule has 1 atom stereocenters. The van der Waals surface area contributed by atoms with Crippen molar-refractivity contribution in [2.45, 2.75) is 31.2 Å². The zero-order valence-electron chi connectivity index (χ0n) is 9.95. The molecule has 3 heteroatoms. The van der Waals surface area contributed by atoms with E-state index in [4.69, 9.17) is 5.11 Å². The monoisotopic (exact) mass is 230 g/mol. The smallest absolute Gasteiger partial charge is 0.111 e. The van der Waals surface area contributed by atoms with E-state index in [1.807, 2.05) is 6.07 Å². The molecule has 2 rings (SSSR count). The van der Waals surface area contributed by atoms with E-state index in [1.54, 1.807) is 0 Å². The van der Waals surface area contributed by atoms with Gasteiger partial charge in [0.25, 0.3) is 0 Å². The fourth-order valence-corrected chi connectivity index (χ4v) is 2.43. The summed E-state index contributed by atoms with van der Waals surface area (Å²) in [5.41, 5.74) is 2.20. The average molecular weight is 230 g/mol. The Morgan fingerprint density at radius 1 is 1.35 bits per heavy atom. The fourth-order valence-electron chi connectivity index (χ4n) is 2.43. The van der Waals surface area contributed by atoms with Gasteiger partial charge >= 0.3 is 0 Å². The number of rotatable bonds is 4. The summed E-state index contributed by atoms with van der Waals surface area (Å²) in [6.45, 7) is 0.872. The van der Waals surface area contributed by atoms with Gasteiger partial charge in [-0.1, -0.05) is 24.3 Å². The second-order valence-corrected chi connectivity index (χ2v) is 4.64. The van der Waals surface area contributed by atoms with E-state index < -0.39 is 5.54 Å². The number of hydrogen-bond donors (Lipinski definition) is 2. The van der Waals surface area contributed by atoms with Gasteiger partial charge < -0.3 is 5.11 Å². The largest absolute Gasteiger partial charge is 0.396 e. The first-order valence-electron chi connectivity index (χ1n) is 6.13. The first-order chi connectivity index (χ1) is 8.29. The van der Waals surface area contributed by atoms with E-state index in [0.717, 1.165) is 19.3 Å². The standard InChI is InChI=1S/C14H18N2O/c15-11-14(16-8-3-9-17)7-6-12-4-1-2-5-13(12)10-14/h1-2,4-5,16-17H,3,6-10H2. The Bertz CT molecular complexity index is 424. The summed E-state index contributed by atoms with van der Waals surface area (Å²) in [5.74, 6) is 0. The highest BCUT2D eigenvalue weighted by Crippen LogP contribution is 2.28. The molecule has 3 nitrogen and oxygen atoms in total. The van der Waals surface area contributed by atoms with E-state index in [-0.39, 0.29) is 6.61 Å². The Morgan fingerprint density at radius 3 is 2.82 bits per heavy atom. The van der Waals surface area contributed by atoms with Crippen LogP contribution in [0.15, 0.2) is 24.3 Å². The first-order valence-corrected chi connectivity index (χ1v) is 6.13. The molecule has 0 heterocycles. The van der Waals surface area contributed by atoms with Crippen molar-refractivity contribution in [2.75, 3.05) is 13.2 Å². The molecule has 0 fully saturated rings. The summed E-state index contributed by atoms with van der Waals surface area (Å²) in [7, 11) is 0. The number of hydrogen-bond acceptors (Lipinski definition) is 3. The van der Waals surface area contributed by atoms with Gasteiger partial charge in [0.2, 0.25) is 0 Å². The molecule has 0 aromatic heterocycles. The minimum atomic E-state index is -0.441. The Kier molecular flexibility index (Phi) is 3.78. The maximum absolute atomic E-state index is 9.39. The van der Waals surface area contributed by atoms with E-state index in [1.165, 1.54) is 11.1 Å². The minimum absolute atomic E-state index is 0.172. The molecule has 0 aliphatic heterocycles.